The molecule has 2 aliphatic heterocycles. The molecule has 0 radical (unpaired) electrons. The summed E-state index contributed by atoms with van der Waals surface area (Å²) in [5.74, 6) is -5.28. The van der Waals surface area contributed by atoms with E-state index in [4.69, 9.17) is 8.97 Å². The van der Waals surface area contributed by atoms with Gasteiger partial charge >= 0.3 is 11.5 Å². The normalized spacial score (nSPS) is 21.0. The SMILES string of the molecule is O=C(CSC(F)(F)F)NC1C(=O)N2C(C(=O)O)=C(CSc3nnc(CS(=O)(=O)O)o3)CS[C@H]12. The molecule has 2 atom stereocenters. The number of thioether (sulfide) groups is 3. The topological polar surface area (TPSA) is 180 Å². The van der Waals surface area contributed by atoms with Gasteiger partial charge in [-0.25, -0.2) is 4.79 Å². The molecule has 1 unspecified atom stereocenters. The van der Waals surface area contributed by atoms with Gasteiger partial charge in [-0.1, -0.05) is 11.8 Å². The second-order valence-electron chi connectivity index (χ2n) is 6.42. The first-order valence-corrected chi connectivity index (χ1v) is 13.2. The van der Waals surface area contributed by atoms with Crippen LogP contribution in [0.3, 0.4) is 0 Å². The van der Waals surface area contributed by atoms with Crippen molar-refractivity contribution in [3.05, 3.63) is 17.2 Å². The maximum absolute atomic E-state index is 12.4. The van der Waals surface area contributed by atoms with Gasteiger partial charge in [0, 0.05) is 11.5 Å². The van der Waals surface area contributed by atoms with E-state index in [1.54, 1.807) is 0 Å². The van der Waals surface area contributed by atoms with Crippen LogP contribution in [0.4, 0.5) is 13.2 Å². The van der Waals surface area contributed by atoms with Crippen molar-refractivity contribution >= 4 is 63.2 Å². The number of amides is 2. The van der Waals surface area contributed by atoms with Crippen LogP contribution in [-0.2, 0) is 30.3 Å². The number of nitrogens with one attached hydrogen (secondary N) is 1. The monoisotopic (exact) mass is 550 g/mol. The maximum atomic E-state index is 12.4. The van der Waals surface area contributed by atoms with Gasteiger partial charge in [0.25, 0.3) is 21.2 Å². The minimum Gasteiger partial charge on any atom is -0.477 e. The summed E-state index contributed by atoms with van der Waals surface area (Å²) in [7, 11) is -4.38. The molecule has 1 fully saturated rings. The number of aromatic nitrogens is 2. The third kappa shape index (κ3) is 6.55. The van der Waals surface area contributed by atoms with Crippen LogP contribution in [0.2, 0.25) is 0 Å². The number of halogens is 3. The van der Waals surface area contributed by atoms with Crippen molar-refractivity contribution in [1.29, 1.82) is 0 Å². The molecule has 0 saturated carbocycles. The molecule has 2 aliphatic rings. The molecule has 0 bridgehead atoms. The van der Waals surface area contributed by atoms with E-state index in [1.807, 2.05) is 0 Å². The number of fused-ring (bicyclic) bond motifs is 1. The summed E-state index contributed by atoms with van der Waals surface area (Å²) in [5.41, 5.74) is -4.64. The summed E-state index contributed by atoms with van der Waals surface area (Å²) in [6.07, 6.45) is 0. The molecule has 12 nitrogen and oxygen atoms in total. The Labute approximate surface area is 195 Å². The highest BCUT2D eigenvalue weighted by Crippen LogP contribution is 2.41. The lowest BCUT2D eigenvalue weighted by Crippen LogP contribution is -2.70. The molecular formula is C14H13F3N4O8S4. The molecular weight excluding hydrogens is 537 g/mol. The molecule has 3 N–H and O–H groups in total. The number of carboxylic acids is 1. The van der Waals surface area contributed by atoms with E-state index < -0.39 is 68.1 Å². The van der Waals surface area contributed by atoms with Gasteiger partial charge in [-0.3, -0.25) is 19.0 Å². The number of carbonyl (C=O) groups excluding carboxylic acids is 2. The number of aliphatic carboxylic acids is 1. The quantitative estimate of drug-likeness (QED) is 0.220. The summed E-state index contributed by atoms with van der Waals surface area (Å²) in [4.78, 5) is 36.9. The summed E-state index contributed by atoms with van der Waals surface area (Å²) in [6.45, 7) is 0. The third-order valence-corrected chi connectivity index (χ3v) is 7.65. The molecule has 1 aromatic rings. The average Bonchev–Trinajstić information content (AvgIpc) is 3.12. The predicted octanol–water partition coefficient (Wildman–Crippen LogP) is 0.541. The van der Waals surface area contributed by atoms with Crippen LogP contribution in [0.25, 0.3) is 0 Å². The fraction of sp³-hybridized carbons (Fsp3) is 0.500. The highest BCUT2D eigenvalue weighted by molar-refractivity contribution is 8.01. The third-order valence-electron chi connectivity index (χ3n) is 4.06. The lowest BCUT2D eigenvalue weighted by molar-refractivity contribution is -0.150. The minimum atomic E-state index is -4.61. The van der Waals surface area contributed by atoms with Crippen molar-refractivity contribution in [2.24, 2.45) is 0 Å². The Balaban J connectivity index is 1.65. The number of nitrogens with zero attached hydrogens (tertiary/aromatic N) is 3. The molecule has 0 spiro atoms. The van der Waals surface area contributed by atoms with Gasteiger partial charge in [-0.2, -0.15) is 21.6 Å². The number of carboxylic acid groups (broad SMARTS) is 1. The van der Waals surface area contributed by atoms with E-state index in [-0.39, 0.29) is 28.3 Å². The zero-order valence-electron chi connectivity index (χ0n) is 15.9. The van der Waals surface area contributed by atoms with E-state index in [0.717, 1.165) is 28.4 Å². The second-order valence-corrected chi connectivity index (χ2v) is 10.9. The highest BCUT2D eigenvalue weighted by Gasteiger charge is 2.54. The number of β-lactam (4-membered cyclic amide) rings is 1. The first-order chi connectivity index (χ1) is 15.2. The van der Waals surface area contributed by atoms with Crippen LogP contribution >= 0.6 is 35.3 Å². The van der Waals surface area contributed by atoms with Gasteiger partial charge in [-0.05, 0) is 17.3 Å². The van der Waals surface area contributed by atoms with E-state index >= 15 is 0 Å². The van der Waals surface area contributed by atoms with Crippen molar-refractivity contribution < 1.29 is 50.0 Å². The summed E-state index contributed by atoms with van der Waals surface area (Å²) >= 11 is 1.44. The molecule has 19 heteroatoms. The zero-order valence-corrected chi connectivity index (χ0v) is 19.2. The number of hydrogen-bond donors (Lipinski definition) is 3. The predicted molar refractivity (Wildman–Crippen MR) is 108 cm³/mol. The van der Waals surface area contributed by atoms with Crippen molar-refractivity contribution in [2.45, 2.75) is 27.9 Å². The molecule has 0 aliphatic carbocycles. The lowest BCUT2D eigenvalue weighted by atomic mass is 10.0. The summed E-state index contributed by atoms with van der Waals surface area (Å²) in [5, 5.41) is 17.9. The number of hydrogen-bond acceptors (Lipinski definition) is 11. The van der Waals surface area contributed by atoms with Crippen molar-refractivity contribution in [2.75, 3.05) is 17.3 Å². The second kappa shape index (κ2) is 9.72. The van der Waals surface area contributed by atoms with Gasteiger partial charge in [0.2, 0.25) is 11.8 Å². The number of carbonyl (C=O) groups is 3. The van der Waals surface area contributed by atoms with Gasteiger partial charge in [0.15, 0.2) is 5.75 Å². The fourth-order valence-corrected chi connectivity index (χ4v) is 5.89. The van der Waals surface area contributed by atoms with Crippen molar-refractivity contribution in [3.63, 3.8) is 0 Å². The number of rotatable bonds is 9. The smallest absolute Gasteiger partial charge is 0.442 e. The Hall–Kier alpha value is -1.96. The maximum Gasteiger partial charge on any atom is 0.442 e. The van der Waals surface area contributed by atoms with E-state index in [2.05, 4.69) is 15.5 Å². The van der Waals surface area contributed by atoms with Crippen LogP contribution in [0.5, 0.6) is 0 Å². The van der Waals surface area contributed by atoms with Crippen LogP contribution in [-0.4, -0.2) is 85.1 Å². The Morgan fingerprint density at radius 1 is 1.33 bits per heavy atom. The Morgan fingerprint density at radius 3 is 2.64 bits per heavy atom. The molecule has 0 aromatic carbocycles. The first kappa shape index (κ1) is 25.7. The van der Waals surface area contributed by atoms with Gasteiger partial charge < -0.3 is 14.8 Å². The largest absolute Gasteiger partial charge is 0.477 e. The van der Waals surface area contributed by atoms with Gasteiger partial charge in [-0.15, -0.1) is 22.0 Å². The molecule has 1 saturated heterocycles. The summed E-state index contributed by atoms with van der Waals surface area (Å²) < 4.78 is 72.2. The van der Waals surface area contributed by atoms with Crippen LogP contribution in [0.1, 0.15) is 5.89 Å². The van der Waals surface area contributed by atoms with E-state index in [9.17, 15) is 41.1 Å². The Kier molecular flexibility index (Phi) is 7.56. The van der Waals surface area contributed by atoms with Crippen LogP contribution in [0.15, 0.2) is 20.9 Å². The Bertz CT molecular complexity index is 1110. The molecule has 1 aromatic heterocycles. The zero-order chi connectivity index (χ0) is 24.6. The molecule has 182 valence electrons. The molecule has 2 amide bonds. The molecule has 3 rings (SSSR count). The molecule has 3 heterocycles. The van der Waals surface area contributed by atoms with Crippen molar-refractivity contribution in [1.82, 2.24) is 20.4 Å². The summed E-state index contributed by atoms with van der Waals surface area (Å²) in [6, 6.07) is -1.15. The lowest BCUT2D eigenvalue weighted by Gasteiger charge is -2.49. The van der Waals surface area contributed by atoms with Gasteiger partial charge in [0.1, 0.15) is 17.1 Å². The van der Waals surface area contributed by atoms with Crippen molar-refractivity contribution in [3.8, 4) is 0 Å². The Morgan fingerprint density at radius 2 is 2.03 bits per heavy atom. The number of alkyl halides is 3. The fourth-order valence-electron chi connectivity index (χ4n) is 2.82. The van der Waals surface area contributed by atoms with E-state index in [1.165, 1.54) is 0 Å². The standard InChI is InChI=1S/C14H13F3N4O8S4/c15-14(16,17)32-3-6(22)18-8-10(23)21-9(12(24)25)5(1-30-11(8)21)2-31-13-20-19-7(29-13)4-33(26,27)28/h8,11H,1-4H2,(H,18,22)(H,24,25)(H,26,27,28)/t8?,11-/m1/s1. The average molecular weight is 551 g/mol. The first-order valence-electron chi connectivity index (χ1n) is 8.55. The van der Waals surface area contributed by atoms with Gasteiger partial charge in [0.05, 0.1) is 5.75 Å². The van der Waals surface area contributed by atoms with Crippen LogP contribution in [0, 0.1) is 0 Å². The minimum absolute atomic E-state index is 0.0160. The molecule has 33 heavy (non-hydrogen) atoms. The van der Waals surface area contributed by atoms with Crippen LogP contribution < -0.4 is 5.32 Å². The van der Waals surface area contributed by atoms with E-state index in [0.29, 0.717) is 5.57 Å². The highest BCUT2D eigenvalue weighted by atomic mass is 32.2.